The van der Waals surface area contributed by atoms with Crippen LogP contribution in [0.5, 0.6) is 0 Å². The smallest absolute Gasteiger partial charge is 0.260 e. The standard InChI is InChI=1S/C19H15F3N2O3S/c1-12-7-9-13(10-8-12)24-15(11-17(19(20,21)22)23-18(24)25)14-5-3-4-6-16(14)28(2,26)27/h3-11H,1-2H3. The van der Waals surface area contributed by atoms with Crippen LogP contribution in [0, 0.1) is 6.92 Å². The van der Waals surface area contributed by atoms with E-state index in [0.717, 1.165) is 16.4 Å². The first kappa shape index (κ1) is 19.8. The quantitative estimate of drug-likeness (QED) is 0.664. The Balaban J connectivity index is 2.44. The van der Waals surface area contributed by atoms with Gasteiger partial charge in [0.15, 0.2) is 15.5 Å². The van der Waals surface area contributed by atoms with E-state index in [1.165, 1.54) is 24.3 Å². The van der Waals surface area contributed by atoms with Crippen molar-refractivity contribution in [3.63, 3.8) is 0 Å². The van der Waals surface area contributed by atoms with Crippen LogP contribution in [0.15, 0.2) is 64.3 Å². The van der Waals surface area contributed by atoms with Crippen molar-refractivity contribution in [1.82, 2.24) is 9.55 Å². The average molecular weight is 408 g/mol. The second-order valence-corrected chi connectivity index (χ2v) is 8.23. The van der Waals surface area contributed by atoms with Crippen LogP contribution in [-0.2, 0) is 16.0 Å². The van der Waals surface area contributed by atoms with Gasteiger partial charge in [0.05, 0.1) is 16.3 Å². The fraction of sp³-hybridized carbons (Fsp3) is 0.158. The number of aromatic nitrogens is 2. The third kappa shape index (κ3) is 3.84. The van der Waals surface area contributed by atoms with E-state index >= 15 is 0 Å². The van der Waals surface area contributed by atoms with E-state index in [4.69, 9.17) is 0 Å². The number of hydrogen-bond acceptors (Lipinski definition) is 4. The molecule has 0 aliphatic rings. The normalized spacial score (nSPS) is 12.2. The molecule has 0 amide bonds. The highest BCUT2D eigenvalue weighted by Crippen LogP contribution is 2.33. The Kier molecular flexibility index (Phi) is 4.88. The van der Waals surface area contributed by atoms with Crippen LogP contribution in [0.4, 0.5) is 13.2 Å². The number of benzene rings is 2. The van der Waals surface area contributed by atoms with Crippen molar-refractivity contribution < 1.29 is 21.6 Å². The van der Waals surface area contributed by atoms with Crippen molar-refractivity contribution in [2.75, 3.05) is 6.26 Å². The number of halogens is 3. The van der Waals surface area contributed by atoms with Gasteiger partial charge in [0, 0.05) is 11.8 Å². The van der Waals surface area contributed by atoms with Gasteiger partial charge in [0.1, 0.15) is 0 Å². The molecule has 3 rings (SSSR count). The molecule has 0 spiro atoms. The molecule has 0 radical (unpaired) electrons. The first-order chi connectivity index (χ1) is 13.0. The molecule has 0 aliphatic heterocycles. The van der Waals surface area contributed by atoms with Gasteiger partial charge in [-0.15, -0.1) is 0 Å². The van der Waals surface area contributed by atoms with Gasteiger partial charge in [-0.05, 0) is 31.2 Å². The molecule has 28 heavy (non-hydrogen) atoms. The van der Waals surface area contributed by atoms with Gasteiger partial charge in [-0.3, -0.25) is 4.57 Å². The number of rotatable bonds is 3. The lowest BCUT2D eigenvalue weighted by atomic mass is 10.1. The summed E-state index contributed by atoms with van der Waals surface area (Å²) in [4.78, 5) is 15.5. The molecule has 1 aromatic heterocycles. The Hall–Kier alpha value is -2.94. The lowest BCUT2D eigenvalue weighted by Crippen LogP contribution is -2.27. The van der Waals surface area contributed by atoms with Crippen molar-refractivity contribution in [1.29, 1.82) is 0 Å². The summed E-state index contributed by atoms with van der Waals surface area (Å²) in [5.41, 5.74) is -1.62. The van der Waals surface area contributed by atoms with Crippen molar-refractivity contribution in [3.05, 3.63) is 76.3 Å². The maximum atomic E-state index is 13.3. The van der Waals surface area contributed by atoms with E-state index < -0.39 is 27.4 Å². The van der Waals surface area contributed by atoms with Crippen LogP contribution in [-0.4, -0.2) is 24.2 Å². The van der Waals surface area contributed by atoms with Crippen LogP contribution in [0.1, 0.15) is 11.3 Å². The molecular weight excluding hydrogens is 393 g/mol. The molecule has 146 valence electrons. The molecular formula is C19H15F3N2O3S. The lowest BCUT2D eigenvalue weighted by Gasteiger charge is -2.17. The van der Waals surface area contributed by atoms with Gasteiger partial charge in [0.25, 0.3) is 0 Å². The summed E-state index contributed by atoms with van der Waals surface area (Å²) in [5, 5.41) is 0. The SMILES string of the molecule is Cc1ccc(-n2c(-c3ccccc3S(C)(=O)=O)cc(C(F)(F)F)nc2=O)cc1. The number of nitrogens with zero attached hydrogens (tertiary/aromatic N) is 2. The highest BCUT2D eigenvalue weighted by atomic mass is 32.2. The Bertz CT molecular complexity index is 1200. The summed E-state index contributed by atoms with van der Waals surface area (Å²) >= 11 is 0. The topological polar surface area (TPSA) is 69.0 Å². The second-order valence-electron chi connectivity index (χ2n) is 6.25. The van der Waals surface area contributed by atoms with Gasteiger partial charge in [-0.2, -0.15) is 18.2 Å². The predicted octanol–water partition coefficient (Wildman–Crippen LogP) is 3.63. The third-order valence-electron chi connectivity index (χ3n) is 4.07. The van der Waals surface area contributed by atoms with Crippen LogP contribution in [0.2, 0.25) is 0 Å². The molecule has 0 saturated heterocycles. The van der Waals surface area contributed by atoms with Gasteiger partial charge in [-0.1, -0.05) is 35.9 Å². The Labute approximate surface area is 159 Å². The van der Waals surface area contributed by atoms with Crippen LogP contribution >= 0.6 is 0 Å². The van der Waals surface area contributed by atoms with Gasteiger partial charge in [0.2, 0.25) is 0 Å². The highest BCUT2D eigenvalue weighted by molar-refractivity contribution is 7.90. The van der Waals surface area contributed by atoms with Gasteiger partial charge < -0.3 is 0 Å². The van der Waals surface area contributed by atoms with E-state index in [2.05, 4.69) is 4.98 Å². The molecule has 0 fully saturated rings. The minimum atomic E-state index is -4.86. The Morgan fingerprint density at radius 1 is 1.00 bits per heavy atom. The van der Waals surface area contributed by atoms with E-state index in [9.17, 15) is 26.4 Å². The zero-order chi connectivity index (χ0) is 20.7. The summed E-state index contributed by atoms with van der Waals surface area (Å²) in [7, 11) is -3.77. The molecule has 0 saturated carbocycles. The molecule has 2 aromatic carbocycles. The molecule has 0 N–H and O–H groups in total. The third-order valence-corrected chi connectivity index (χ3v) is 5.22. The molecule has 0 atom stereocenters. The van der Waals surface area contributed by atoms with E-state index in [0.29, 0.717) is 6.07 Å². The molecule has 1 heterocycles. The largest absolute Gasteiger partial charge is 0.433 e. The number of aryl methyl sites for hydroxylation is 1. The van der Waals surface area contributed by atoms with Crippen molar-refractivity contribution in [3.8, 4) is 16.9 Å². The molecule has 5 nitrogen and oxygen atoms in total. The maximum absolute atomic E-state index is 13.3. The maximum Gasteiger partial charge on any atom is 0.433 e. The number of alkyl halides is 3. The summed E-state index contributed by atoms with van der Waals surface area (Å²) in [5.74, 6) is 0. The summed E-state index contributed by atoms with van der Waals surface area (Å²) in [6, 6.07) is 12.7. The van der Waals surface area contributed by atoms with Gasteiger partial charge in [-0.25, -0.2) is 13.2 Å². The van der Waals surface area contributed by atoms with Crippen molar-refractivity contribution in [2.24, 2.45) is 0 Å². The Morgan fingerprint density at radius 2 is 1.61 bits per heavy atom. The lowest BCUT2D eigenvalue weighted by molar-refractivity contribution is -0.141. The fourth-order valence-corrected chi connectivity index (χ4v) is 3.67. The molecule has 0 unspecified atom stereocenters. The van der Waals surface area contributed by atoms with Crippen LogP contribution in [0.25, 0.3) is 16.9 Å². The Morgan fingerprint density at radius 3 is 2.18 bits per heavy atom. The molecule has 9 heteroatoms. The predicted molar refractivity (Wildman–Crippen MR) is 98.1 cm³/mol. The average Bonchev–Trinajstić information content (AvgIpc) is 2.60. The minimum absolute atomic E-state index is 0.0180. The summed E-state index contributed by atoms with van der Waals surface area (Å²) < 4.78 is 65.1. The zero-order valence-corrected chi connectivity index (χ0v) is 15.7. The number of sulfone groups is 1. The van der Waals surface area contributed by atoms with E-state index in [1.807, 2.05) is 6.92 Å². The van der Waals surface area contributed by atoms with Crippen molar-refractivity contribution in [2.45, 2.75) is 18.0 Å². The highest BCUT2D eigenvalue weighted by Gasteiger charge is 2.35. The van der Waals surface area contributed by atoms with Crippen LogP contribution in [0.3, 0.4) is 0 Å². The van der Waals surface area contributed by atoms with Gasteiger partial charge >= 0.3 is 11.9 Å². The van der Waals surface area contributed by atoms with E-state index in [-0.39, 0.29) is 21.8 Å². The molecule has 3 aromatic rings. The first-order valence-electron chi connectivity index (χ1n) is 8.06. The zero-order valence-electron chi connectivity index (χ0n) is 14.9. The van der Waals surface area contributed by atoms with Crippen LogP contribution < -0.4 is 5.69 Å². The second kappa shape index (κ2) is 6.90. The van der Waals surface area contributed by atoms with E-state index in [1.54, 1.807) is 24.3 Å². The number of hydrogen-bond donors (Lipinski definition) is 0. The fourth-order valence-electron chi connectivity index (χ4n) is 2.77. The van der Waals surface area contributed by atoms with Crippen molar-refractivity contribution >= 4 is 9.84 Å². The molecule has 0 aliphatic carbocycles. The summed E-state index contributed by atoms with van der Waals surface area (Å²) in [6.45, 7) is 1.82. The first-order valence-corrected chi connectivity index (χ1v) is 9.95. The molecule has 0 bridgehead atoms. The minimum Gasteiger partial charge on any atom is -0.260 e. The monoisotopic (exact) mass is 408 g/mol. The summed E-state index contributed by atoms with van der Waals surface area (Å²) in [6.07, 6.45) is -3.91.